The average molecular weight is 721 g/mol. The molecule has 8 rings (SSSR count). The number of benzene rings is 3. The minimum Gasteiger partial charge on any atom is -0.508 e. The van der Waals surface area contributed by atoms with Crippen LogP contribution in [0, 0.1) is 23.1 Å². The fraction of sp³-hybridized carbons (Fsp3) is 0.488. The summed E-state index contributed by atoms with van der Waals surface area (Å²) in [5.74, 6) is 1.42. The molecule has 2 amide bonds. The Morgan fingerprint density at radius 1 is 0.962 bits per heavy atom. The van der Waals surface area contributed by atoms with Crippen LogP contribution in [0.1, 0.15) is 97.0 Å². The molecule has 3 fully saturated rings. The zero-order chi connectivity index (χ0) is 36.7. The van der Waals surface area contributed by atoms with Crippen molar-refractivity contribution < 1.29 is 23.8 Å². The molecule has 0 bridgehead atoms. The lowest BCUT2D eigenvalue weighted by molar-refractivity contribution is -0.132. The largest absolute Gasteiger partial charge is 0.508 e. The van der Waals surface area contributed by atoms with Crippen LogP contribution < -0.4 is 5.56 Å². The molecular weight excluding hydrogens is 671 g/mol. The zero-order valence-electron chi connectivity index (χ0n) is 30.5. The number of hydrogen-bond donors (Lipinski definition) is 2. The number of rotatable bonds is 9. The van der Waals surface area contributed by atoms with E-state index in [9.17, 15) is 23.9 Å². The van der Waals surface area contributed by atoms with Crippen LogP contribution in [0.2, 0.25) is 0 Å². The number of aromatic hydroxyl groups is 1. The summed E-state index contributed by atoms with van der Waals surface area (Å²) in [6.45, 7) is 4.65. The maximum Gasteiger partial charge on any atom is 0.272 e. The van der Waals surface area contributed by atoms with Crippen LogP contribution in [0.15, 0.2) is 65.5 Å². The Morgan fingerprint density at radius 2 is 1.75 bits per heavy atom. The zero-order valence-corrected chi connectivity index (χ0v) is 30.5. The maximum atomic E-state index is 15.0. The van der Waals surface area contributed by atoms with Crippen molar-refractivity contribution in [3.05, 3.63) is 105 Å². The molecule has 3 aromatic carbocycles. The van der Waals surface area contributed by atoms with E-state index in [2.05, 4.69) is 23.2 Å². The van der Waals surface area contributed by atoms with Gasteiger partial charge in [0.05, 0.1) is 22.7 Å². The van der Waals surface area contributed by atoms with E-state index in [4.69, 9.17) is 4.74 Å². The lowest BCUT2D eigenvalue weighted by Crippen LogP contribution is -2.50. The Kier molecular flexibility index (Phi) is 9.83. The third-order valence-electron chi connectivity index (χ3n) is 13.1. The van der Waals surface area contributed by atoms with E-state index < -0.39 is 11.7 Å². The summed E-state index contributed by atoms with van der Waals surface area (Å²) in [5, 5.41) is 18.0. The first-order valence-electron chi connectivity index (χ1n) is 19.4. The Hall–Kier alpha value is -4.57. The summed E-state index contributed by atoms with van der Waals surface area (Å²) in [6, 6.07) is 17.7. The SMILES string of the molecule is C[C@]12CC[C@@H]3c4ccc(O)cc4CC[C@H]3[C@@H]1CC[C@@H]2OCCCCC(=O)N1CCN(C(=O)c2cc(Cc3n[nH]c(=O)c4ccccc34)ccc2F)CC1. The minimum absolute atomic E-state index is 0.00304. The highest BCUT2D eigenvalue weighted by molar-refractivity contribution is 5.95. The second-order valence-electron chi connectivity index (χ2n) is 15.9. The number of nitrogens with zero attached hydrogens (tertiary/aromatic N) is 3. The molecule has 2 heterocycles. The number of halogens is 1. The van der Waals surface area contributed by atoms with Crippen LogP contribution in [0.5, 0.6) is 5.75 Å². The van der Waals surface area contributed by atoms with Crippen LogP contribution in [0.25, 0.3) is 10.8 Å². The summed E-state index contributed by atoms with van der Waals surface area (Å²) in [5.41, 5.74) is 4.06. The van der Waals surface area contributed by atoms with Crippen molar-refractivity contribution in [2.24, 2.45) is 17.3 Å². The second-order valence-corrected chi connectivity index (χ2v) is 15.9. The maximum absolute atomic E-state index is 15.0. The molecule has 0 unspecified atom stereocenters. The molecule has 10 heteroatoms. The van der Waals surface area contributed by atoms with Gasteiger partial charge in [-0.2, -0.15) is 5.10 Å². The summed E-state index contributed by atoms with van der Waals surface area (Å²) in [6.07, 6.45) is 9.54. The van der Waals surface area contributed by atoms with E-state index in [1.54, 1.807) is 29.2 Å². The quantitative estimate of drug-likeness (QED) is 0.185. The number of unbranched alkanes of at least 4 members (excludes halogenated alkanes) is 1. The summed E-state index contributed by atoms with van der Waals surface area (Å²) >= 11 is 0. The van der Waals surface area contributed by atoms with Crippen LogP contribution in [0.3, 0.4) is 0 Å². The number of aromatic nitrogens is 2. The predicted octanol–water partition coefficient (Wildman–Crippen LogP) is 6.75. The highest BCUT2D eigenvalue weighted by Gasteiger charge is 2.55. The van der Waals surface area contributed by atoms with Crippen LogP contribution >= 0.6 is 0 Å². The fourth-order valence-corrected chi connectivity index (χ4v) is 10.2. The van der Waals surface area contributed by atoms with E-state index in [1.165, 1.54) is 42.9 Å². The fourth-order valence-electron chi connectivity index (χ4n) is 10.2. The number of aromatic amines is 1. The average Bonchev–Trinajstić information content (AvgIpc) is 3.52. The number of carbonyl (C=O) groups is 2. The molecule has 2 saturated carbocycles. The summed E-state index contributed by atoms with van der Waals surface area (Å²) in [4.78, 5) is 42.2. The molecule has 5 atom stereocenters. The Morgan fingerprint density at radius 3 is 2.58 bits per heavy atom. The van der Waals surface area contributed by atoms with Gasteiger partial charge in [0.25, 0.3) is 11.5 Å². The van der Waals surface area contributed by atoms with Gasteiger partial charge >= 0.3 is 0 Å². The van der Waals surface area contributed by atoms with Gasteiger partial charge in [0, 0.05) is 51.0 Å². The molecule has 9 nitrogen and oxygen atoms in total. The van der Waals surface area contributed by atoms with Crippen molar-refractivity contribution >= 4 is 22.6 Å². The molecule has 1 aromatic heterocycles. The van der Waals surface area contributed by atoms with Gasteiger partial charge in [0.2, 0.25) is 5.91 Å². The molecule has 0 radical (unpaired) electrons. The Balaban J connectivity index is 0.786. The topological polar surface area (TPSA) is 116 Å². The molecule has 4 aliphatic rings. The number of amides is 2. The third kappa shape index (κ3) is 6.86. The number of H-pyrrole nitrogens is 1. The second kappa shape index (κ2) is 14.7. The van der Waals surface area contributed by atoms with E-state index >= 15 is 0 Å². The third-order valence-corrected chi connectivity index (χ3v) is 13.1. The first-order valence-corrected chi connectivity index (χ1v) is 19.4. The molecule has 4 aromatic rings. The van der Waals surface area contributed by atoms with Crippen LogP contribution in [-0.2, 0) is 22.4 Å². The number of phenolic OH excluding ortho intramolecular Hbond substituents is 1. The predicted molar refractivity (Wildman–Crippen MR) is 200 cm³/mol. The number of fused-ring (bicyclic) bond motifs is 6. The van der Waals surface area contributed by atoms with Gasteiger partial charge in [-0.3, -0.25) is 14.4 Å². The number of carbonyl (C=O) groups excluding carboxylic acids is 2. The van der Waals surface area contributed by atoms with E-state index in [0.717, 1.165) is 31.1 Å². The van der Waals surface area contributed by atoms with Crippen molar-refractivity contribution in [3.63, 3.8) is 0 Å². The van der Waals surface area contributed by atoms with Crippen LogP contribution in [0.4, 0.5) is 4.39 Å². The number of nitrogens with one attached hydrogen (secondary N) is 1. The van der Waals surface area contributed by atoms with Crippen molar-refractivity contribution in [3.8, 4) is 5.75 Å². The van der Waals surface area contributed by atoms with Crippen molar-refractivity contribution in [1.82, 2.24) is 20.0 Å². The highest BCUT2D eigenvalue weighted by Crippen LogP contribution is 2.61. The molecular formula is C43H49FN4O5. The van der Waals surface area contributed by atoms with Crippen molar-refractivity contribution in [2.75, 3.05) is 32.8 Å². The number of piperazine rings is 1. The lowest BCUT2D eigenvalue weighted by Gasteiger charge is -2.50. The number of phenols is 1. The number of hydrogen-bond acceptors (Lipinski definition) is 6. The van der Waals surface area contributed by atoms with Gasteiger partial charge < -0.3 is 19.6 Å². The van der Waals surface area contributed by atoms with Gasteiger partial charge in [0.1, 0.15) is 11.6 Å². The molecule has 1 aliphatic heterocycles. The first kappa shape index (κ1) is 35.5. The summed E-state index contributed by atoms with van der Waals surface area (Å²) < 4.78 is 21.5. The molecule has 3 aliphatic carbocycles. The molecule has 278 valence electrons. The van der Waals surface area contributed by atoms with Crippen molar-refractivity contribution in [2.45, 2.75) is 83.2 Å². The first-order chi connectivity index (χ1) is 25.7. The summed E-state index contributed by atoms with van der Waals surface area (Å²) in [7, 11) is 0. The monoisotopic (exact) mass is 720 g/mol. The normalized spacial score (nSPS) is 25.2. The number of ether oxygens (including phenoxy) is 1. The lowest BCUT2D eigenvalue weighted by atomic mass is 9.55. The smallest absolute Gasteiger partial charge is 0.272 e. The standard InChI is InChI=1S/C43H49FN4O5/c1-43-18-17-31-30-13-11-29(49)26-28(30)10-12-32(31)36(43)14-16-39(43)53-23-5-4-8-40(50)47-19-21-48(22-20-47)42(52)35-24-27(9-15-37(35)44)25-38-33-6-2-3-7-34(33)41(51)46-45-38/h2-3,6-7,9,11,13,15,24,26,31-32,36,39,49H,4-5,8,10,12,14,16-23,25H2,1H3,(H,46,51)/t31-,32-,36+,39+,43+/m1/s1. The van der Waals surface area contributed by atoms with Crippen molar-refractivity contribution in [1.29, 1.82) is 0 Å². The van der Waals surface area contributed by atoms with Crippen LogP contribution in [-0.4, -0.2) is 75.8 Å². The van der Waals surface area contributed by atoms with Gasteiger partial charge in [-0.15, -0.1) is 0 Å². The molecule has 53 heavy (non-hydrogen) atoms. The van der Waals surface area contributed by atoms with Gasteiger partial charge in [0.15, 0.2) is 0 Å². The van der Waals surface area contributed by atoms with Gasteiger partial charge in [-0.25, -0.2) is 9.49 Å². The highest BCUT2D eigenvalue weighted by atomic mass is 19.1. The molecule has 0 spiro atoms. The van der Waals surface area contributed by atoms with E-state index in [1.807, 2.05) is 29.2 Å². The number of aryl methyl sites for hydroxylation is 1. The van der Waals surface area contributed by atoms with E-state index in [0.29, 0.717) is 85.8 Å². The van der Waals surface area contributed by atoms with Gasteiger partial charge in [-0.1, -0.05) is 37.3 Å². The van der Waals surface area contributed by atoms with E-state index in [-0.39, 0.29) is 28.5 Å². The Labute approximate surface area is 309 Å². The molecule has 1 saturated heterocycles. The minimum atomic E-state index is -0.588. The van der Waals surface area contributed by atoms with Gasteiger partial charge in [-0.05, 0) is 122 Å². The molecule has 2 N–H and O–H groups in total. The Bertz CT molecular complexity index is 2080.